The molecule has 0 bridgehead atoms. The fourth-order valence-corrected chi connectivity index (χ4v) is 3.58. The second-order valence-corrected chi connectivity index (χ2v) is 7.35. The van der Waals surface area contributed by atoms with E-state index in [0.717, 1.165) is 21.6 Å². The molecule has 2 aromatic rings. The van der Waals surface area contributed by atoms with E-state index >= 15 is 0 Å². The number of aromatic nitrogens is 1. The number of thiazole rings is 1. The van der Waals surface area contributed by atoms with Crippen molar-refractivity contribution < 1.29 is 17.4 Å². The number of aliphatic imine (C=N–C) groups is 1. The van der Waals surface area contributed by atoms with E-state index < -0.39 is 22.7 Å². The Kier molecular flexibility index (Phi) is 6.94. The smallest absolute Gasteiger partial charge is 0.355 e. The molecule has 0 saturated heterocycles. The lowest BCUT2D eigenvalue weighted by atomic mass is 10.4. The number of halogens is 3. The predicted octanol–water partition coefficient (Wildman–Crippen LogP) is 2.63. The summed E-state index contributed by atoms with van der Waals surface area (Å²) in [5.74, 6) is 0.800. The van der Waals surface area contributed by atoms with Gasteiger partial charge in [-0.05, 0) is 12.1 Å². The molecule has 0 fully saturated rings. The van der Waals surface area contributed by atoms with Gasteiger partial charge in [0.15, 0.2) is 11.7 Å². The maximum atomic E-state index is 12.5. The van der Waals surface area contributed by atoms with Crippen molar-refractivity contribution in [2.45, 2.75) is 17.6 Å². The normalized spacial score (nSPS) is 13.5. The van der Waals surface area contributed by atoms with Gasteiger partial charge in [-0.25, -0.2) is 4.98 Å². The van der Waals surface area contributed by atoms with Gasteiger partial charge in [-0.3, -0.25) is 9.20 Å². The Labute approximate surface area is 149 Å². The van der Waals surface area contributed by atoms with E-state index in [1.54, 1.807) is 19.2 Å². The highest BCUT2D eigenvalue weighted by Gasteiger charge is 2.33. The van der Waals surface area contributed by atoms with E-state index in [1.165, 1.54) is 0 Å². The third kappa shape index (κ3) is 6.13. The topological polar surface area (TPSA) is 66.4 Å². The molecular formula is C15H17F3N4OS2. The maximum absolute atomic E-state index is 12.5. The van der Waals surface area contributed by atoms with Crippen LogP contribution in [0.15, 0.2) is 45.6 Å². The first-order valence-electron chi connectivity index (χ1n) is 7.29. The van der Waals surface area contributed by atoms with Crippen LogP contribution < -0.4 is 10.6 Å². The lowest BCUT2D eigenvalue weighted by Crippen LogP contribution is -2.38. The van der Waals surface area contributed by atoms with E-state index in [2.05, 4.69) is 20.6 Å². The van der Waals surface area contributed by atoms with Crippen LogP contribution in [0.25, 0.3) is 0 Å². The second kappa shape index (κ2) is 8.95. The highest BCUT2D eigenvalue weighted by molar-refractivity contribution is 7.85. The molecule has 1 heterocycles. The van der Waals surface area contributed by atoms with Gasteiger partial charge in [0.05, 0.1) is 17.3 Å². The average Bonchev–Trinajstić information content (AvgIpc) is 3.08. The Balaban J connectivity index is 1.77. The van der Waals surface area contributed by atoms with Gasteiger partial charge >= 0.3 is 6.18 Å². The molecule has 10 heteroatoms. The molecule has 5 nitrogen and oxygen atoms in total. The molecular weight excluding hydrogens is 373 g/mol. The Morgan fingerprint density at radius 2 is 2.00 bits per heavy atom. The Morgan fingerprint density at radius 3 is 2.60 bits per heavy atom. The van der Waals surface area contributed by atoms with E-state index in [0.29, 0.717) is 23.3 Å². The highest BCUT2D eigenvalue weighted by Crippen LogP contribution is 2.29. The van der Waals surface area contributed by atoms with Crippen LogP contribution in [0.2, 0.25) is 0 Å². The molecule has 1 aromatic carbocycles. The van der Waals surface area contributed by atoms with Crippen molar-refractivity contribution >= 4 is 28.1 Å². The summed E-state index contributed by atoms with van der Waals surface area (Å²) in [6.07, 6.45) is -4.43. The first-order valence-corrected chi connectivity index (χ1v) is 9.49. The van der Waals surface area contributed by atoms with Gasteiger partial charge < -0.3 is 10.6 Å². The second-order valence-electron chi connectivity index (χ2n) is 4.84. The van der Waals surface area contributed by atoms with Gasteiger partial charge in [-0.2, -0.15) is 13.2 Å². The molecule has 136 valence electrons. The molecule has 1 unspecified atom stereocenters. The minimum atomic E-state index is -4.43. The van der Waals surface area contributed by atoms with Crippen molar-refractivity contribution in [3.8, 4) is 0 Å². The van der Waals surface area contributed by atoms with Crippen molar-refractivity contribution in [1.29, 1.82) is 0 Å². The molecule has 0 aliphatic rings. The minimum absolute atomic E-state index is 0.127. The van der Waals surface area contributed by atoms with Crippen LogP contribution >= 0.6 is 11.3 Å². The summed E-state index contributed by atoms with van der Waals surface area (Å²) in [6, 6.07) is 9.09. The van der Waals surface area contributed by atoms with Gasteiger partial charge in [-0.15, -0.1) is 11.3 Å². The third-order valence-electron chi connectivity index (χ3n) is 3.06. The molecule has 2 N–H and O–H groups in total. The lowest BCUT2D eigenvalue weighted by molar-refractivity contribution is -0.140. The number of alkyl halides is 3. The highest BCUT2D eigenvalue weighted by atomic mass is 32.2. The molecule has 0 saturated carbocycles. The monoisotopic (exact) mass is 390 g/mol. The summed E-state index contributed by atoms with van der Waals surface area (Å²) in [7, 11) is 0.419. The Hall–Kier alpha value is -1.94. The molecule has 1 aromatic heterocycles. The fourth-order valence-electron chi connectivity index (χ4n) is 1.85. The standard InChI is InChI=1S/C15H17F3N4OS2/c1-19-14(20-7-8-25(23)11-5-3-2-4-6-11)21-9-13-22-12(10-24-13)15(16,17)18/h2-6,10H,7-9H2,1H3,(H2,19,20,21). The SMILES string of the molecule is CN=C(NCCS(=O)c1ccccc1)NCc1nc(C(F)(F)F)cs1. The molecule has 2 rings (SSSR count). The number of nitrogens with one attached hydrogen (secondary N) is 2. The van der Waals surface area contributed by atoms with E-state index in [4.69, 9.17) is 0 Å². The van der Waals surface area contributed by atoms with Gasteiger partial charge in [0.25, 0.3) is 0 Å². The molecule has 0 spiro atoms. The van der Waals surface area contributed by atoms with Crippen molar-refractivity contribution in [3.05, 3.63) is 46.4 Å². The summed E-state index contributed by atoms with van der Waals surface area (Å²) in [6.45, 7) is 0.537. The van der Waals surface area contributed by atoms with Crippen LogP contribution in [0, 0.1) is 0 Å². The number of hydrogen-bond donors (Lipinski definition) is 2. The fraction of sp³-hybridized carbons (Fsp3) is 0.333. The number of rotatable bonds is 6. The van der Waals surface area contributed by atoms with Crippen LogP contribution in [-0.2, 0) is 23.5 Å². The van der Waals surface area contributed by atoms with E-state index in [1.807, 2.05) is 18.2 Å². The number of benzene rings is 1. The molecule has 0 amide bonds. The molecule has 0 aliphatic heterocycles. The summed E-state index contributed by atoms with van der Waals surface area (Å²) in [5, 5.41) is 7.15. The number of guanidine groups is 1. The molecule has 1 atom stereocenters. The molecule has 0 aliphatic carbocycles. The molecule has 25 heavy (non-hydrogen) atoms. The third-order valence-corrected chi connectivity index (χ3v) is 5.28. The zero-order valence-electron chi connectivity index (χ0n) is 13.3. The van der Waals surface area contributed by atoms with Gasteiger partial charge in [0, 0.05) is 29.6 Å². The maximum Gasteiger partial charge on any atom is 0.434 e. The zero-order chi connectivity index (χ0) is 18.3. The first kappa shape index (κ1) is 19.4. The summed E-state index contributed by atoms with van der Waals surface area (Å²) in [5.41, 5.74) is -0.893. The zero-order valence-corrected chi connectivity index (χ0v) is 15.0. The predicted molar refractivity (Wildman–Crippen MR) is 93.0 cm³/mol. The van der Waals surface area contributed by atoms with Crippen LogP contribution in [0.3, 0.4) is 0 Å². The minimum Gasteiger partial charge on any atom is -0.355 e. The largest absolute Gasteiger partial charge is 0.434 e. The van der Waals surface area contributed by atoms with Gasteiger partial charge in [-0.1, -0.05) is 18.2 Å². The summed E-state index contributed by atoms with van der Waals surface area (Å²) >= 11 is 0.930. The van der Waals surface area contributed by atoms with Crippen molar-refractivity contribution in [3.63, 3.8) is 0 Å². The lowest BCUT2D eigenvalue weighted by Gasteiger charge is -2.10. The van der Waals surface area contributed by atoms with Crippen LogP contribution in [-0.4, -0.2) is 34.5 Å². The van der Waals surface area contributed by atoms with Gasteiger partial charge in [0.1, 0.15) is 5.01 Å². The van der Waals surface area contributed by atoms with Gasteiger partial charge in [0.2, 0.25) is 0 Å². The van der Waals surface area contributed by atoms with E-state index in [-0.39, 0.29) is 6.54 Å². The van der Waals surface area contributed by atoms with Crippen molar-refractivity contribution in [1.82, 2.24) is 15.6 Å². The van der Waals surface area contributed by atoms with Crippen LogP contribution in [0.5, 0.6) is 0 Å². The average molecular weight is 390 g/mol. The summed E-state index contributed by atoms with van der Waals surface area (Å²) in [4.78, 5) is 8.26. The quantitative estimate of drug-likeness (QED) is 0.588. The van der Waals surface area contributed by atoms with E-state index in [9.17, 15) is 17.4 Å². The Morgan fingerprint density at radius 1 is 1.28 bits per heavy atom. The number of hydrogen-bond acceptors (Lipinski definition) is 4. The van der Waals surface area contributed by atoms with Crippen molar-refractivity contribution in [2.24, 2.45) is 4.99 Å². The Bertz CT molecular complexity index is 732. The van der Waals surface area contributed by atoms with Crippen LogP contribution in [0.4, 0.5) is 13.2 Å². The first-order chi connectivity index (χ1) is 11.9. The number of nitrogens with zero attached hydrogens (tertiary/aromatic N) is 2. The molecule has 0 radical (unpaired) electrons. The van der Waals surface area contributed by atoms with Crippen LogP contribution in [0.1, 0.15) is 10.7 Å². The van der Waals surface area contributed by atoms with Crippen molar-refractivity contribution in [2.75, 3.05) is 19.3 Å². The summed E-state index contributed by atoms with van der Waals surface area (Å²) < 4.78 is 49.6.